The summed E-state index contributed by atoms with van der Waals surface area (Å²) in [5.74, 6) is -0.532. The highest BCUT2D eigenvalue weighted by Gasteiger charge is 2.32. The van der Waals surface area contributed by atoms with Gasteiger partial charge in [-0.05, 0) is 61.0 Å². The highest BCUT2D eigenvalue weighted by molar-refractivity contribution is 7.92. The molecule has 0 bridgehead atoms. The summed E-state index contributed by atoms with van der Waals surface area (Å²) in [4.78, 5) is 27.5. The second-order valence-corrected chi connectivity index (χ2v) is 10.8. The van der Waals surface area contributed by atoms with E-state index in [0.29, 0.717) is 21.4 Å². The number of nitrogens with one attached hydrogen (secondary N) is 1. The zero-order chi connectivity index (χ0) is 27.2. The molecule has 0 saturated carbocycles. The quantitative estimate of drug-likeness (QED) is 0.395. The number of hydrogen-bond acceptors (Lipinski definition) is 5. The van der Waals surface area contributed by atoms with Crippen LogP contribution in [0.25, 0.3) is 0 Å². The van der Waals surface area contributed by atoms with Crippen molar-refractivity contribution in [1.82, 2.24) is 10.2 Å². The Morgan fingerprint density at radius 1 is 1.00 bits per heavy atom. The second-order valence-electron chi connectivity index (χ2n) is 8.07. The Hall–Kier alpha value is -3.27. The third-order valence-electron chi connectivity index (χ3n) is 5.73. The number of anilines is 1. The Balaban J connectivity index is 2.04. The van der Waals surface area contributed by atoms with E-state index in [2.05, 4.69) is 5.32 Å². The van der Waals surface area contributed by atoms with Gasteiger partial charge in [-0.2, -0.15) is 0 Å². The van der Waals surface area contributed by atoms with Crippen LogP contribution < -0.4 is 14.4 Å². The first-order valence-electron chi connectivity index (χ1n) is 11.2. The lowest BCUT2D eigenvalue weighted by Crippen LogP contribution is -2.50. The maximum atomic E-state index is 13.7. The van der Waals surface area contributed by atoms with E-state index >= 15 is 0 Å². The summed E-state index contributed by atoms with van der Waals surface area (Å²) in [6.07, 6.45) is 0. The molecule has 0 saturated heterocycles. The number of likely N-dealkylation sites (N-methyl/N-ethyl adjacent to an activating group) is 1. The third-order valence-corrected chi connectivity index (χ3v) is 8.13. The molecule has 0 heterocycles. The van der Waals surface area contributed by atoms with Crippen molar-refractivity contribution in [1.29, 1.82) is 0 Å². The molecule has 8 nitrogen and oxygen atoms in total. The molecule has 0 spiro atoms. The molecule has 11 heteroatoms. The number of methoxy groups -OCH3 is 1. The Kier molecular flexibility index (Phi) is 9.42. The molecule has 0 aliphatic carbocycles. The molecule has 0 unspecified atom stereocenters. The molecule has 3 aromatic rings. The summed E-state index contributed by atoms with van der Waals surface area (Å²) in [5.41, 5.74) is 0.808. The average Bonchev–Trinajstić information content (AvgIpc) is 2.90. The van der Waals surface area contributed by atoms with Crippen molar-refractivity contribution in [2.45, 2.75) is 24.4 Å². The number of carbonyl (C=O) groups is 2. The van der Waals surface area contributed by atoms with E-state index in [9.17, 15) is 18.0 Å². The van der Waals surface area contributed by atoms with Crippen LogP contribution in [0.4, 0.5) is 5.69 Å². The third kappa shape index (κ3) is 6.74. The summed E-state index contributed by atoms with van der Waals surface area (Å²) in [5, 5.41) is 3.25. The molecular weight excluding hydrogens is 537 g/mol. The highest BCUT2D eigenvalue weighted by atomic mass is 35.5. The number of halogens is 2. The Labute approximate surface area is 226 Å². The summed E-state index contributed by atoms with van der Waals surface area (Å²) >= 11 is 12.5. The predicted molar refractivity (Wildman–Crippen MR) is 145 cm³/mol. The molecule has 0 radical (unpaired) electrons. The number of nitrogens with zero attached hydrogens (tertiary/aromatic N) is 2. The van der Waals surface area contributed by atoms with Crippen molar-refractivity contribution in [3.8, 4) is 5.75 Å². The number of rotatable bonds is 10. The van der Waals surface area contributed by atoms with E-state index in [1.807, 2.05) is 0 Å². The first-order valence-corrected chi connectivity index (χ1v) is 13.4. The van der Waals surface area contributed by atoms with Crippen LogP contribution in [0.15, 0.2) is 77.7 Å². The largest absolute Gasteiger partial charge is 0.497 e. The van der Waals surface area contributed by atoms with Crippen molar-refractivity contribution < 1.29 is 22.7 Å². The van der Waals surface area contributed by atoms with Crippen molar-refractivity contribution in [3.05, 3.63) is 88.4 Å². The molecule has 1 N–H and O–H groups in total. The lowest BCUT2D eigenvalue weighted by molar-refractivity contribution is -0.139. The van der Waals surface area contributed by atoms with Gasteiger partial charge in [0.25, 0.3) is 10.0 Å². The highest BCUT2D eigenvalue weighted by Crippen LogP contribution is 2.28. The number of hydrogen-bond donors (Lipinski definition) is 1. The second kappa shape index (κ2) is 12.3. The first-order chi connectivity index (χ1) is 17.6. The summed E-state index contributed by atoms with van der Waals surface area (Å²) in [6, 6.07) is 18.0. The van der Waals surface area contributed by atoms with Gasteiger partial charge in [0.1, 0.15) is 18.3 Å². The van der Waals surface area contributed by atoms with Gasteiger partial charge in [-0.15, -0.1) is 0 Å². The molecule has 3 aromatic carbocycles. The Morgan fingerprint density at radius 2 is 1.68 bits per heavy atom. The summed E-state index contributed by atoms with van der Waals surface area (Å²) in [7, 11) is -1.28. The van der Waals surface area contributed by atoms with E-state index in [1.54, 1.807) is 49.4 Å². The van der Waals surface area contributed by atoms with Crippen molar-refractivity contribution in [2.75, 3.05) is 25.0 Å². The minimum atomic E-state index is -4.21. The van der Waals surface area contributed by atoms with Crippen LogP contribution in [0.2, 0.25) is 10.0 Å². The monoisotopic (exact) mass is 563 g/mol. The maximum Gasteiger partial charge on any atom is 0.264 e. The lowest BCUT2D eigenvalue weighted by atomic mass is 10.1. The van der Waals surface area contributed by atoms with Crippen LogP contribution in [-0.4, -0.2) is 51.9 Å². The van der Waals surface area contributed by atoms with Crippen LogP contribution >= 0.6 is 23.2 Å². The predicted octanol–water partition coefficient (Wildman–Crippen LogP) is 4.36. The first kappa shape index (κ1) is 28.3. The minimum absolute atomic E-state index is 0.000930. The Morgan fingerprint density at radius 3 is 2.27 bits per heavy atom. The van der Waals surface area contributed by atoms with Gasteiger partial charge in [-0.3, -0.25) is 13.9 Å². The van der Waals surface area contributed by atoms with E-state index in [1.165, 1.54) is 49.4 Å². The van der Waals surface area contributed by atoms with E-state index < -0.39 is 34.4 Å². The van der Waals surface area contributed by atoms with E-state index in [0.717, 1.165) is 4.31 Å². The van der Waals surface area contributed by atoms with Crippen LogP contribution in [-0.2, 0) is 26.2 Å². The molecule has 0 aliphatic rings. The standard InChI is InChI=1S/C26H27Cl2N3O5S/c1-18(26(33)29-2)30(16-19-7-4-5-10-24(19)28)25(32)17-31(21-9-6-8-20(27)15-21)37(34,35)23-13-11-22(36-3)12-14-23/h4-15,18H,16-17H2,1-3H3,(H,29,33)/t18-/m1/s1. The average molecular weight is 564 g/mol. The van der Waals surface area contributed by atoms with Crippen LogP contribution in [0.3, 0.4) is 0 Å². The summed E-state index contributed by atoms with van der Waals surface area (Å²) in [6.45, 7) is 0.981. The van der Waals surface area contributed by atoms with Crippen molar-refractivity contribution >= 4 is 50.7 Å². The Bertz CT molecular complexity index is 1370. The normalized spacial score (nSPS) is 11.9. The van der Waals surface area contributed by atoms with Gasteiger partial charge >= 0.3 is 0 Å². The fraction of sp³-hybridized carbons (Fsp3) is 0.231. The zero-order valence-corrected chi connectivity index (χ0v) is 22.8. The van der Waals surface area contributed by atoms with Gasteiger partial charge in [0.05, 0.1) is 17.7 Å². The van der Waals surface area contributed by atoms with Crippen molar-refractivity contribution in [3.63, 3.8) is 0 Å². The maximum absolute atomic E-state index is 13.7. The van der Waals surface area contributed by atoms with Crippen LogP contribution in [0.1, 0.15) is 12.5 Å². The molecule has 2 amide bonds. The van der Waals surface area contributed by atoms with Crippen LogP contribution in [0, 0.1) is 0 Å². The molecule has 37 heavy (non-hydrogen) atoms. The molecule has 0 aliphatic heterocycles. The van der Waals surface area contributed by atoms with Gasteiger partial charge in [0, 0.05) is 23.6 Å². The van der Waals surface area contributed by atoms with E-state index in [-0.39, 0.29) is 17.1 Å². The molecular formula is C26H27Cl2N3O5S. The number of sulfonamides is 1. The number of amides is 2. The summed E-state index contributed by atoms with van der Waals surface area (Å²) < 4.78 is 33.6. The molecule has 0 fully saturated rings. The fourth-order valence-corrected chi connectivity index (χ4v) is 5.42. The minimum Gasteiger partial charge on any atom is -0.497 e. The topological polar surface area (TPSA) is 96.0 Å². The van der Waals surface area contributed by atoms with Gasteiger partial charge in [0.2, 0.25) is 11.8 Å². The fourth-order valence-electron chi connectivity index (χ4n) is 3.64. The molecule has 1 atom stereocenters. The molecule has 3 rings (SSSR count). The zero-order valence-electron chi connectivity index (χ0n) is 20.5. The smallest absolute Gasteiger partial charge is 0.264 e. The molecule has 0 aromatic heterocycles. The van der Waals surface area contributed by atoms with Gasteiger partial charge < -0.3 is 15.0 Å². The van der Waals surface area contributed by atoms with Gasteiger partial charge in [-0.25, -0.2) is 8.42 Å². The lowest BCUT2D eigenvalue weighted by Gasteiger charge is -2.32. The van der Waals surface area contributed by atoms with Gasteiger partial charge in [-0.1, -0.05) is 47.5 Å². The number of carbonyl (C=O) groups excluding carboxylic acids is 2. The number of ether oxygens (including phenoxy) is 1. The van der Waals surface area contributed by atoms with E-state index in [4.69, 9.17) is 27.9 Å². The van der Waals surface area contributed by atoms with Crippen molar-refractivity contribution in [2.24, 2.45) is 0 Å². The number of benzene rings is 3. The van der Waals surface area contributed by atoms with Crippen LogP contribution in [0.5, 0.6) is 5.75 Å². The van der Waals surface area contributed by atoms with Gasteiger partial charge in [0.15, 0.2) is 0 Å². The molecule has 196 valence electrons. The SMILES string of the molecule is CNC(=O)[C@@H](C)N(Cc1ccccc1Cl)C(=O)CN(c1cccc(Cl)c1)S(=O)(=O)c1ccc(OC)cc1.